The molecule has 0 unspecified atom stereocenters. The maximum atomic E-state index is 14.7. The van der Waals surface area contributed by atoms with Crippen molar-refractivity contribution < 1.29 is 46.3 Å². The van der Waals surface area contributed by atoms with E-state index in [1.54, 1.807) is 19.9 Å². The summed E-state index contributed by atoms with van der Waals surface area (Å²) in [5.41, 5.74) is 2.34. The summed E-state index contributed by atoms with van der Waals surface area (Å²) in [6.45, 7) is 2.03. The molecule has 0 radical (unpaired) electrons. The summed E-state index contributed by atoms with van der Waals surface area (Å²) >= 11 is 0. The summed E-state index contributed by atoms with van der Waals surface area (Å²) < 4.78 is 74.4. The smallest absolute Gasteiger partial charge is 0.424 e. The number of amides is 2. The lowest BCUT2D eigenvalue weighted by atomic mass is 9.93. The van der Waals surface area contributed by atoms with Gasteiger partial charge in [0, 0.05) is 27.8 Å². The van der Waals surface area contributed by atoms with Crippen LogP contribution in [0.1, 0.15) is 47.1 Å². The predicted molar refractivity (Wildman–Crippen MR) is 156 cm³/mol. The van der Waals surface area contributed by atoms with Gasteiger partial charge in [0.2, 0.25) is 11.5 Å². The summed E-state index contributed by atoms with van der Waals surface area (Å²) in [6, 6.07) is 9.89. The van der Waals surface area contributed by atoms with Crippen molar-refractivity contribution in [2.24, 2.45) is 5.73 Å². The number of aromatic nitrogens is 2. The molecule has 242 valence electrons. The van der Waals surface area contributed by atoms with Gasteiger partial charge in [0.1, 0.15) is 29.3 Å². The zero-order chi connectivity index (χ0) is 33.2. The standard InChI is InChI=1S/C32H30F4N4O6/c1-3-44-29-20(14-27(37)41)13-26(39-28(29)18-4-7-21(33)8-5-18)31(43,32(34,35)36)16-38-30(42)19-6-11-23(24-15-45-40-17(24)2)25(12-19)46-22-9-10-22/h4-8,11-13,15,22,43H,3,9-10,14,16H2,1-2H3,(H2,37,41)(H,38,42)/t31-/m0/s1. The molecule has 1 saturated carbocycles. The minimum atomic E-state index is -5.36. The molecule has 0 bridgehead atoms. The molecule has 0 aliphatic heterocycles. The second-order valence-corrected chi connectivity index (χ2v) is 10.8. The monoisotopic (exact) mass is 642 g/mol. The highest BCUT2D eigenvalue weighted by molar-refractivity contribution is 5.95. The maximum Gasteiger partial charge on any atom is 0.424 e. The van der Waals surface area contributed by atoms with Crippen LogP contribution in [0.25, 0.3) is 22.4 Å². The van der Waals surface area contributed by atoms with E-state index in [1.807, 2.05) is 0 Å². The summed E-state index contributed by atoms with van der Waals surface area (Å²) in [5, 5.41) is 17.3. The molecule has 0 spiro atoms. The second kappa shape index (κ2) is 12.8. The van der Waals surface area contributed by atoms with Crippen LogP contribution in [0.2, 0.25) is 0 Å². The molecular weight excluding hydrogens is 612 g/mol. The molecule has 2 amide bonds. The molecular formula is C32H30F4N4O6. The largest absolute Gasteiger partial charge is 0.491 e. The Morgan fingerprint density at radius 1 is 1.11 bits per heavy atom. The first-order valence-electron chi connectivity index (χ1n) is 14.3. The molecule has 2 aromatic heterocycles. The van der Waals surface area contributed by atoms with E-state index < -0.39 is 48.1 Å². The first kappa shape index (κ1) is 32.4. The molecule has 1 fully saturated rings. The highest BCUT2D eigenvalue weighted by Crippen LogP contribution is 2.42. The minimum absolute atomic E-state index is 0.0286. The molecule has 14 heteroatoms. The molecule has 1 atom stereocenters. The van der Waals surface area contributed by atoms with Crippen molar-refractivity contribution >= 4 is 11.8 Å². The minimum Gasteiger partial charge on any atom is -0.491 e. The quantitative estimate of drug-likeness (QED) is 0.183. The van der Waals surface area contributed by atoms with Crippen molar-refractivity contribution in [3.63, 3.8) is 0 Å². The fourth-order valence-corrected chi connectivity index (χ4v) is 4.77. The lowest BCUT2D eigenvalue weighted by Crippen LogP contribution is -2.51. The van der Waals surface area contributed by atoms with Crippen molar-refractivity contribution in [2.75, 3.05) is 13.2 Å². The van der Waals surface area contributed by atoms with Crippen molar-refractivity contribution in [3.05, 3.63) is 83.1 Å². The van der Waals surface area contributed by atoms with Crippen molar-refractivity contribution in [1.29, 1.82) is 0 Å². The Balaban J connectivity index is 1.52. The third kappa shape index (κ3) is 6.81. The molecule has 4 aromatic rings. The Morgan fingerprint density at radius 2 is 1.83 bits per heavy atom. The number of hydrogen-bond donors (Lipinski definition) is 3. The summed E-state index contributed by atoms with van der Waals surface area (Å²) in [7, 11) is 0. The average molecular weight is 643 g/mol. The van der Waals surface area contributed by atoms with Gasteiger partial charge in [-0.2, -0.15) is 13.2 Å². The first-order chi connectivity index (χ1) is 21.8. The molecule has 4 N–H and O–H groups in total. The van der Waals surface area contributed by atoms with E-state index >= 15 is 0 Å². The normalized spacial score (nSPS) is 14.4. The van der Waals surface area contributed by atoms with Crippen LogP contribution in [0.3, 0.4) is 0 Å². The number of hydrogen-bond acceptors (Lipinski definition) is 8. The van der Waals surface area contributed by atoms with Crippen molar-refractivity contribution in [2.45, 2.75) is 51.0 Å². The Kier molecular flexibility index (Phi) is 9.01. The maximum absolute atomic E-state index is 14.7. The molecule has 5 rings (SSSR count). The number of rotatable bonds is 12. The topological polar surface area (TPSA) is 150 Å². The second-order valence-electron chi connectivity index (χ2n) is 10.8. The number of carbonyl (C=O) groups excluding carboxylic acids is 2. The number of carbonyl (C=O) groups is 2. The van der Waals surface area contributed by atoms with Gasteiger partial charge in [0.25, 0.3) is 5.91 Å². The van der Waals surface area contributed by atoms with E-state index in [0.717, 1.165) is 31.0 Å². The molecule has 46 heavy (non-hydrogen) atoms. The van der Waals surface area contributed by atoms with Gasteiger partial charge in [-0.1, -0.05) is 5.16 Å². The van der Waals surface area contributed by atoms with E-state index in [1.165, 1.54) is 30.5 Å². The van der Waals surface area contributed by atoms with Crippen LogP contribution < -0.4 is 20.5 Å². The van der Waals surface area contributed by atoms with Crippen LogP contribution in [0, 0.1) is 12.7 Å². The number of halogens is 4. The number of pyridine rings is 1. The van der Waals surface area contributed by atoms with Crippen LogP contribution in [0.15, 0.2) is 59.3 Å². The van der Waals surface area contributed by atoms with E-state index in [0.29, 0.717) is 22.6 Å². The third-order valence-electron chi connectivity index (χ3n) is 7.32. The highest BCUT2D eigenvalue weighted by atomic mass is 19.4. The zero-order valence-electron chi connectivity index (χ0n) is 24.8. The number of aryl methyl sites for hydroxylation is 1. The number of primary amides is 1. The lowest BCUT2D eigenvalue weighted by molar-refractivity contribution is -0.265. The number of nitrogens with one attached hydrogen (secondary N) is 1. The van der Waals surface area contributed by atoms with Crippen molar-refractivity contribution in [3.8, 4) is 33.9 Å². The number of benzene rings is 2. The molecule has 1 aliphatic rings. The van der Waals surface area contributed by atoms with E-state index in [-0.39, 0.29) is 40.8 Å². The number of alkyl halides is 3. The van der Waals surface area contributed by atoms with Crippen LogP contribution >= 0.6 is 0 Å². The fourth-order valence-electron chi connectivity index (χ4n) is 4.77. The van der Waals surface area contributed by atoms with Crippen LogP contribution in [0.4, 0.5) is 17.6 Å². The van der Waals surface area contributed by atoms with Gasteiger partial charge in [0.15, 0.2) is 0 Å². The molecule has 2 aromatic carbocycles. The number of nitrogens with two attached hydrogens (primary N) is 1. The SMILES string of the molecule is CCOc1c(CC(N)=O)cc([C@@](O)(CNC(=O)c2ccc(-c3conc3C)c(OC3CC3)c2)C(F)(F)F)nc1-c1ccc(F)cc1. The average Bonchev–Trinajstić information content (AvgIpc) is 3.72. The molecule has 2 heterocycles. The predicted octanol–water partition coefficient (Wildman–Crippen LogP) is 5.00. The Bertz CT molecular complexity index is 1750. The molecule has 0 saturated heterocycles. The van der Waals surface area contributed by atoms with Gasteiger partial charge in [-0.25, -0.2) is 9.37 Å². The van der Waals surface area contributed by atoms with Gasteiger partial charge in [-0.15, -0.1) is 0 Å². The Morgan fingerprint density at radius 3 is 2.41 bits per heavy atom. The van der Waals surface area contributed by atoms with Crippen molar-refractivity contribution in [1.82, 2.24) is 15.5 Å². The van der Waals surface area contributed by atoms with Crippen LogP contribution in [-0.2, 0) is 16.8 Å². The van der Waals surface area contributed by atoms with E-state index in [2.05, 4.69) is 15.5 Å². The number of nitrogens with zero attached hydrogens (tertiary/aromatic N) is 2. The van der Waals surface area contributed by atoms with Gasteiger partial charge in [-0.05, 0) is 75.2 Å². The highest BCUT2D eigenvalue weighted by Gasteiger charge is 2.56. The lowest BCUT2D eigenvalue weighted by Gasteiger charge is -2.31. The molecule has 1 aliphatic carbocycles. The van der Waals surface area contributed by atoms with E-state index in [9.17, 15) is 32.3 Å². The first-order valence-corrected chi connectivity index (χ1v) is 14.3. The summed E-state index contributed by atoms with van der Waals surface area (Å²) in [6.07, 6.45) is -2.94. The Hall–Kier alpha value is -4.98. The number of aliphatic hydroxyl groups is 1. The summed E-state index contributed by atoms with van der Waals surface area (Å²) in [4.78, 5) is 29.2. The van der Waals surface area contributed by atoms with Crippen LogP contribution in [-0.4, -0.2) is 52.5 Å². The van der Waals surface area contributed by atoms with Gasteiger partial charge < -0.3 is 30.2 Å². The van der Waals surface area contributed by atoms with E-state index in [4.69, 9.17) is 19.7 Å². The zero-order valence-corrected chi connectivity index (χ0v) is 24.8. The number of ether oxygens (including phenoxy) is 2. The third-order valence-corrected chi connectivity index (χ3v) is 7.32. The summed E-state index contributed by atoms with van der Waals surface area (Å²) in [5.74, 6) is -2.17. The Labute approximate surface area is 260 Å². The van der Waals surface area contributed by atoms with Gasteiger partial charge >= 0.3 is 6.18 Å². The fraction of sp³-hybridized carbons (Fsp3) is 0.312. The van der Waals surface area contributed by atoms with Gasteiger partial charge in [0.05, 0.1) is 37.1 Å². The van der Waals surface area contributed by atoms with Crippen LogP contribution in [0.5, 0.6) is 11.5 Å². The van der Waals surface area contributed by atoms with Gasteiger partial charge in [-0.3, -0.25) is 9.59 Å². The molecule has 10 nitrogen and oxygen atoms in total.